The van der Waals surface area contributed by atoms with Gasteiger partial charge in [-0.3, -0.25) is 9.59 Å². The molecule has 0 aliphatic carbocycles. The lowest BCUT2D eigenvalue weighted by Crippen LogP contribution is -2.48. The molecule has 1 saturated heterocycles. The fourth-order valence-corrected chi connectivity index (χ4v) is 2.98. The number of hydrogen-bond acceptors (Lipinski definition) is 5. The number of thioether (sulfide) groups is 1. The van der Waals surface area contributed by atoms with Crippen molar-refractivity contribution in [1.29, 1.82) is 0 Å². The SMILES string of the molecule is CCC(=O)N1CSCC1C(=O)NCCNCCOC. The Hall–Kier alpha value is -0.790. The zero-order valence-corrected chi connectivity index (χ0v) is 12.4. The minimum atomic E-state index is -0.309. The minimum Gasteiger partial charge on any atom is -0.383 e. The third-order valence-electron chi connectivity index (χ3n) is 2.89. The van der Waals surface area contributed by atoms with Crippen LogP contribution in [0.15, 0.2) is 0 Å². The quantitative estimate of drug-likeness (QED) is 0.598. The summed E-state index contributed by atoms with van der Waals surface area (Å²) in [4.78, 5) is 25.3. The fourth-order valence-electron chi connectivity index (χ4n) is 1.80. The number of nitrogens with zero attached hydrogens (tertiary/aromatic N) is 1. The van der Waals surface area contributed by atoms with Crippen molar-refractivity contribution < 1.29 is 14.3 Å². The molecular formula is C12H23N3O3S. The van der Waals surface area contributed by atoms with Crippen LogP contribution in [0.2, 0.25) is 0 Å². The number of amides is 2. The molecule has 0 aromatic carbocycles. The van der Waals surface area contributed by atoms with E-state index in [2.05, 4.69) is 10.6 Å². The van der Waals surface area contributed by atoms with Crippen LogP contribution in [0.25, 0.3) is 0 Å². The van der Waals surface area contributed by atoms with Crippen molar-refractivity contribution >= 4 is 23.6 Å². The number of carbonyl (C=O) groups is 2. The molecule has 0 radical (unpaired) electrons. The molecule has 7 heteroatoms. The predicted octanol–water partition coefficient (Wildman–Crippen LogP) is -0.350. The first kappa shape index (κ1) is 16.3. The Morgan fingerprint density at radius 2 is 2.16 bits per heavy atom. The highest BCUT2D eigenvalue weighted by Crippen LogP contribution is 2.21. The Morgan fingerprint density at radius 1 is 1.37 bits per heavy atom. The van der Waals surface area contributed by atoms with Crippen LogP contribution in [-0.4, -0.2) is 67.7 Å². The lowest BCUT2D eigenvalue weighted by atomic mass is 10.2. The zero-order chi connectivity index (χ0) is 14.1. The van der Waals surface area contributed by atoms with Crippen molar-refractivity contribution in [3.05, 3.63) is 0 Å². The highest BCUT2D eigenvalue weighted by Gasteiger charge is 2.33. The average Bonchev–Trinajstić information content (AvgIpc) is 2.91. The second-order valence-electron chi connectivity index (χ2n) is 4.27. The van der Waals surface area contributed by atoms with Crippen LogP contribution in [0.3, 0.4) is 0 Å². The first-order valence-corrected chi connectivity index (χ1v) is 7.70. The van der Waals surface area contributed by atoms with Crippen LogP contribution in [0.1, 0.15) is 13.3 Å². The molecule has 1 unspecified atom stereocenters. The van der Waals surface area contributed by atoms with Gasteiger partial charge in [0.25, 0.3) is 0 Å². The standard InChI is InChI=1S/C12H23N3O3S/c1-3-11(16)15-9-19-8-10(15)12(17)14-5-4-13-6-7-18-2/h10,13H,3-9H2,1-2H3,(H,14,17). The molecule has 0 aromatic heterocycles. The van der Waals surface area contributed by atoms with E-state index < -0.39 is 0 Å². The lowest BCUT2D eigenvalue weighted by Gasteiger charge is -2.22. The molecule has 2 N–H and O–H groups in total. The second kappa shape index (κ2) is 9.17. The molecule has 1 fully saturated rings. The maximum absolute atomic E-state index is 12.0. The van der Waals surface area contributed by atoms with Crippen molar-refractivity contribution in [2.75, 3.05) is 45.0 Å². The van der Waals surface area contributed by atoms with Crippen molar-refractivity contribution in [2.45, 2.75) is 19.4 Å². The monoisotopic (exact) mass is 289 g/mol. The van der Waals surface area contributed by atoms with Crippen molar-refractivity contribution in [3.8, 4) is 0 Å². The molecule has 0 aromatic rings. The summed E-state index contributed by atoms with van der Waals surface area (Å²) in [6, 6.07) is -0.309. The molecule has 19 heavy (non-hydrogen) atoms. The third-order valence-corrected chi connectivity index (χ3v) is 3.90. The summed E-state index contributed by atoms with van der Waals surface area (Å²) >= 11 is 1.62. The van der Waals surface area contributed by atoms with Gasteiger partial charge in [-0.25, -0.2) is 0 Å². The van der Waals surface area contributed by atoms with E-state index in [0.717, 1.165) is 6.54 Å². The molecular weight excluding hydrogens is 266 g/mol. The van der Waals surface area contributed by atoms with E-state index in [9.17, 15) is 9.59 Å². The number of hydrogen-bond donors (Lipinski definition) is 2. The number of methoxy groups -OCH3 is 1. The Labute approximate surface area is 118 Å². The van der Waals surface area contributed by atoms with Gasteiger partial charge in [-0.1, -0.05) is 6.92 Å². The van der Waals surface area contributed by atoms with E-state index in [0.29, 0.717) is 37.7 Å². The van der Waals surface area contributed by atoms with Crippen LogP contribution in [-0.2, 0) is 14.3 Å². The van der Waals surface area contributed by atoms with Crippen LogP contribution in [0, 0.1) is 0 Å². The smallest absolute Gasteiger partial charge is 0.243 e. The average molecular weight is 289 g/mol. The molecule has 110 valence electrons. The van der Waals surface area contributed by atoms with Crippen molar-refractivity contribution in [1.82, 2.24) is 15.5 Å². The Kier molecular flexibility index (Phi) is 7.85. The number of carbonyl (C=O) groups excluding carboxylic acids is 2. The maximum Gasteiger partial charge on any atom is 0.243 e. The number of rotatable bonds is 8. The van der Waals surface area contributed by atoms with Gasteiger partial charge in [0.1, 0.15) is 6.04 Å². The predicted molar refractivity (Wildman–Crippen MR) is 76.0 cm³/mol. The minimum absolute atomic E-state index is 0.0448. The van der Waals surface area contributed by atoms with Crippen molar-refractivity contribution in [2.24, 2.45) is 0 Å². The molecule has 0 saturated carbocycles. The number of ether oxygens (including phenoxy) is 1. The van der Waals surface area contributed by atoms with Crippen molar-refractivity contribution in [3.63, 3.8) is 0 Å². The van der Waals surface area contributed by atoms with Gasteiger partial charge in [-0.2, -0.15) is 0 Å². The van der Waals surface area contributed by atoms with Crippen LogP contribution < -0.4 is 10.6 Å². The fraction of sp³-hybridized carbons (Fsp3) is 0.833. The van der Waals surface area contributed by atoms with E-state index in [1.165, 1.54) is 0 Å². The number of nitrogens with one attached hydrogen (secondary N) is 2. The topological polar surface area (TPSA) is 70.7 Å². The Morgan fingerprint density at radius 3 is 2.84 bits per heavy atom. The van der Waals surface area contributed by atoms with Gasteiger partial charge in [0.15, 0.2) is 0 Å². The summed E-state index contributed by atoms with van der Waals surface area (Å²) in [5, 5.41) is 6.01. The van der Waals surface area contributed by atoms with Crippen LogP contribution in [0.4, 0.5) is 0 Å². The zero-order valence-electron chi connectivity index (χ0n) is 11.6. The summed E-state index contributed by atoms with van der Waals surface area (Å²) in [5.74, 6) is 1.30. The van der Waals surface area contributed by atoms with Gasteiger partial charge in [-0.15, -0.1) is 11.8 Å². The van der Waals surface area contributed by atoms with Gasteiger partial charge in [-0.05, 0) is 0 Å². The van der Waals surface area contributed by atoms with E-state index in [-0.39, 0.29) is 17.9 Å². The molecule has 1 aliphatic heterocycles. The van der Waals surface area contributed by atoms with E-state index in [4.69, 9.17) is 4.74 Å². The summed E-state index contributed by atoms with van der Waals surface area (Å²) in [6.07, 6.45) is 0.447. The van der Waals surface area contributed by atoms with E-state index >= 15 is 0 Å². The molecule has 1 aliphatic rings. The molecule has 6 nitrogen and oxygen atoms in total. The lowest BCUT2D eigenvalue weighted by molar-refractivity contribution is -0.137. The van der Waals surface area contributed by atoms with Gasteiger partial charge in [0, 0.05) is 38.9 Å². The Bertz CT molecular complexity index is 302. The summed E-state index contributed by atoms with van der Waals surface area (Å²) < 4.78 is 4.91. The van der Waals surface area contributed by atoms with Gasteiger partial charge in [0.2, 0.25) is 11.8 Å². The van der Waals surface area contributed by atoms with E-state index in [1.54, 1.807) is 23.8 Å². The largest absolute Gasteiger partial charge is 0.383 e. The second-order valence-corrected chi connectivity index (χ2v) is 5.27. The van der Waals surface area contributed by atoms with Gasteiger partial charge >= 0.3 is 0 Å². The maximum atomic E-state index is 12.0. The Balaban J connectivity index is 2.23. The molecule has 1 heterocycles. The van der Waals surface area contributed by atoms with Gasteiger partial charge in [0.05, 0.1) is 12.5 Å². The normalized spacial score (nSPS) is 18.6. The highest BCUT2D eigenvalue weighted by atomic mass is 32.2. The third kappa shape index (κ3) is 5.38. The first-order valence-electron chi connectivity index (χ1n) is 6.55. The summed E-state index contributed by atoms with van der Waals surface area (Å²) in [7, 11) is 1.65. The first-order chi connectivity index (χ1) is 9.20. The van der Waals surface area contributed by atoms with E-state index in [1.807, 2.05) is 6.92 Å². The van der Waals surface area contributed by atoms with Gasteiger partial charge < -0.3 is 20.3 Å². The molecule has 0 bridgehead atoms. The highest BCUT2D eigenvalue weighted by molar-refractivity contribution is 7.99. The molecule has 1 atom stereocenters. The van der Waals surface area contributed by atoms with Crippen LogP contribution >= 0.6 is 11.8 Å². The molecule has 0 spiro atoms. The summed E-state index contributed by atoms with van der Waals surface area (Å²) in [6.45, 7) is 4.52. The van der Waals surface area contributed by atoms with Crippen LogP contribution in [0.5, 0.6) is 0 Å². The molecule has 1 rings (SSSR count). The summed E-state index contributed by atoms with van der Waals surface area (Å²) in [5.41, 5.74) is 0. The molecule has 2 amide bonds.